The number of rotatable bonds is 9. The van der Waals surface area contributed by atoms with Crippen LogP contribution in [0.15, 0.2) is 48.8 Å². The minimum Gasteiger partial charge on any atom is -0.444 e. The molecule has 0 aliphatic carbocycles. The summed E-state index contributed by atoms with van der Waals surface area (Å²) in [5.41, 5.74) is 3.91. The van der Waals surface area contributed by atoms with Crippen LogP contribution in [-0.2, 0) is 28.9 Å². The van der Waals surface area contributed by atoms with Gasteiger partial charge in [0.2, 0.25) is 23.6 Å². The molecule has 0 saturated carbocycles. The molecule has 2 aromatic heterocycles. The Morgan fingerprint density at radius 3 is 2.24 bits per heavy atom. The number of hydrogen-bond acceptors (Lipinski definition) is 11. The number of amides is 2. The van der Waals surface area contributed by atoms with Gasteiger partial charge in [-0.25, -0.2) is 14.5 Å². The molecule has 3 heterocycles. The zero-order valence-corrected chi connectivity index (χ0v) is 31.9. The number of carbonyl (C=O) groups is 3. The Labute approximate surface area is 315 Å². The molecule has 2 N–H and O–H groups in total. The number of alkyl carbamates (subject to hydrolysis) is 1. The summed E-state index contributed by atoms with van der Waals surface area (Å²) >= 11 is 0. The third-order valence-electron chi connectivity index (χ3n) is 8.39. The van der Waals surface area contributed by atoms with Gasteiger partial charge in [0.05, 0.1) is 47.3 Å². The fourth-order valence-electron chi connectivity index (χ4n) is 5.98. The molecule has 2 aromatic carbocycles. The van der Waals surface area contributed by atoms with E-state index in [1.807, 2.05) is 34.6 Å². The van der Waals surface area contributed by atoms with Gasteiger partial charge in [-0.05, 0) is 93.1 Å². The zero-order valence-electron chi connectivity index (χ0n) is 31.9. The van der Waals surface area contributed by atoms with Gasteiger partial charge in [-0.15, -0.1) is 0 Å². The molecule has 54 heavy (non-hydrogen) atoms. The molecule has 2 amide bonds. The Bertz CT molecular complexity index is 2130. The maximum atomic E-state index is 14.4. The molecule has 1 aliphatic heterocycles. The van der Waals surface area contributed by atoms with E-state index in [1.54, 1.807) is 68.3 Å². The molecule has 4 aromatic rings. The average molecular weight is 732 g/mol. The largest absolute Gasteiger partial charge is 0.444 e. The van der Waals surface area contributed by atoms with Crippen molar-refractivity contribution in [3.05, 3.63) is 87.9 Å². The molecule has 1 aliphatic rings. The predicted molar refractivity (Wildman–Crippen MR) is 200 cm³/mol. The number of benzene rings is 2. The highest BCUT2D eigenvalue weighted by molar-refractivity contribution is 5.86. The number of anilines is 2. The van der Waals surface area contributed by atoms with Gasteiger partial charge in [-0.3, -0.25) is 9.59 Å². The van der Waals surface area contributed by atoms with Crippen LogP contribution in [0.3, 0.4) is 0 Å². The maximum Gasteiger partial charge on any atom is 0.408 e. The smallest absolute Gasteiger partial charge is 0.408 e. The summed E-state index contributed by atoms with van der Waals surface area (Å²) in [6.07, 6.45) is 3.03. The van der Waals surface area contributed by atoms with Gasteiger partial charge >= 0.3 is 6.09 Å². The zero-order chi connectivity index (χ0) is 39.4. The van der Waals surface area contributed by atoms with Gasteiger partial charge in [0.15, 0.2) is 0 Å². The summed E-state index contributed by atoms with van der Waals surface area (Å²) < 4.78 is 13.3. The molecule has 5 rings (SSSR count). The molecule has 0 bridgehead atoms. The third kappa shape index (κ3) is 9.98. The summed E-state index contributed by atoms with van der Waals surface area (Å²) in [6.45, 7) is 15.1. The summed E-state index contributed by atoms with van der Waals surface area (Å²) in [4.78, 5) is 51.4. The van der Waals surface area contributed by atoms with Crippen LogP contribution in [0.5, 0.6) is 11.6 Å². The minimum absolute atomic E-state index is 0.0567. The lowest BCUT2D eigenvalue weighted by molar-refractivity contribution is -0.134. The summed E-state index contributed by atoms with van der Waals surface area (Å²) in [6, 6.07) is 13.5. The van der Waals surface area contributed by atoms with E-state index in [0.717, 1.165) is 11.1 Å². The van der Waals surface area contributed by atoms with Crippen molar-refractivity contribution in [3.63, 3.8) is 0 Å². The average Bonchev–Trinajstić information content (AvgIpc) is 3.56. The van der Waals surface area contributed by atoms with Crippen LogP contribution in [0.25, 0.3) is 0 Å². The van der Waals surface area contributed by atoms with Crippen LogP contribution >= 0.6 is 0 Å². The molecule has 1 atom stereocenters. The van der Waals surface area contributed by atoms with Crippen molar-refractivity contribution in [1.82, 2.24) is 30.0 Å². The number of carbonyl (C=O) groups excluding carboxylic acids is 3. The maximum absolute atomic E-state index is 14.4. The van der Waals surface area contributed by atoms with E-state index in [9.17, 15) is 24.9 Å². The van der Waals surface area contributed by atoms with E-state index in [1.165, 1.54) is 10.9 Å². The van der Waals surface area contributed by atoms with Crippen molar-refractivity contribution >= 4 is 29.5 Å². The molecule has 0 spiro atoms. The van der Waals surface area contributed by atoms with Crippen LogP contribution in [-0.4, -0.2) is 60.7 Å². The van der Waals surface area contributed by atoms with E-state index in [4.69, 9.17) is 19.4 Å². The highest BCUT2D eigenvalue weighted by atomic mass is 16.6. The summed E-state index contributed by atoms with van der Waals surface area (Å²) in [5.74, 6) is 0.444. The number of aryl methyl sites for hydroxylation is 2. The van der Waals surface area contributed by atoms with E-state index in [2.05, 4.69) is 27.9 Å². The molecule has 0 radical (unpaired) electrons. The lowest BCUT2D eigenvalue weighted by Crippen LogP contribution is -2.51. The van der Waals surface area contributed by atoms with Gasteiger partial charge in [-0.1, -0.05) is 20.8 Å². The van der Waals surface area contributed by atoms with Crippen LogP contribution in [0.2, 0.25) is 0 Å². The first-order valence-corrected chi connectivity index (χ1v) is 17.6. The van der Waals surface area contributed by atoms with E-state index >= 15 is 0 Å². The Hall–Kier alpha value is -6.28. The number of aromatic nitrogens is 4. The van der Waals surface area contributed by atoms with Gasteiger partial charge in [0.1, 0.15) is 17.4 Å². The molecule has 1 unspecified atom stereocenters. The van der Waals surface area contributed by atoms with E-state index < -0.39 is 17.7 Å². The lowest BCUT2D eigenvalue weighted by Gasteiger charge is -2.32. The van der Waals surface area contributed by atoms with Gasteiger partial charge < -0.3 is 25.0 Å². The van der Waals surface area contributed by atoms with Crippen LogP contribution in [0, 0.1) is 41.9 Å². The highest BCUT2D eigenvalue weighted by Gasteiger charge is 2.33. The molecule has 0 fully saturated rings. The molecular formula is C40H45N9O5. The fourth-order valence-corrected chi connectivity index (χ4v) is 5.98. The van der Waals surface area contributed by atoms with Crippen molar-refractivity contribution in [1.29, 1.82) is 10.5 Å². The quantitative estimate of drug-likeness (QED) is 0.187. The summed E-state index contributed by atoms with van der Waals surface area (Å²) in [5, 5.41) is 28.9. The lowest BCUT2D eigenvalue weighted by atomic mass is 9.92. The third-order valence-corrected chi connectivity index (χ3v) is 8.39. The molecule has 280 valence electrons. The molecular weight excluding hydrogens is 686 g/mol. The first-order valence-electron chi connectivity index (χ1n) is 17.6. The Kier molecular flexibility index (Phi) is 11.4. The van der Waals surface area contributed by atoms with Gasteiger partial charge in [0, 0.05) is 37.7 Å². The molecule has 0 saturated heterocycles. The van der Waals surface area contributed by atoms with Gasteiger partial charge in [0.25, 0.3) is 0 Å². The normalized spacial score (nSPS) is 13.2. The second-order valence-corrected chi connectivity index (χ2v) is 15.6. The SMILES string of the molecule is Cc1cc(C#N)cc(C)c1Oc1nc(Nc2ccc(C#N)cc2)nc2c1CN(C(=O)C(Cc1cnn(C(=O)CC(C)(C)C)c1)NC(=O)OC(C)(C)C)CC2. The minimum atomic E-state index is -1.05. The van der Waals surface area contributed by atoms with Crippen LogP contribution in [0.4, 0.5) is 16.4 Å². The fraction of sp³-hybridized carbons (Fsp3) is 0.400. The number of hydrogen-bond donors (Lipinski definition) is 2. The first kappa shape index (κ1) is 38.9. The van der Waals surface area contributed by atoms with Crippen molar-refractivity contribution in [3.8, 4) is 23.8 Å². The van der Waals surface area contributed by atoms with Crippen molar-refractivity contribution in [2.75, 3.05) is 11.9 Å². The van der Waals surface area contributed by atoms with E-state index in [0.29, 0.717) is 45.8 Å². The molecule has 14 nitrogen and oxygen atoms in total. The van der Waals surface area contributed by atoms with Crippen LogP contribution in [0.1, 0.15) is 91.8 Å². The topological polar surface area (TPSA) is 188 Å². The second-order valence-electron chi connectivity index (χ2n) is 15.6. The highest BCUT2D eigenvalue weighted by Crippen LogP contribution is 2.35. The standard InChI is InChI=1S/C40H45N9O5/c1-24-15-27(20-42)16-25(2)34(24)53-35-30-23-48(14-13-31(30)45-37(47-35)44-29-11-9-26(19-41)10-12-29)36(51)32(46-38(52)54-40(6,7)8)17-28-21-43-49(22-28)33(50)18-39(3,4)5/h9-12,15-16,21-22,32H,13-14,17-18,23H2,1-8H3,(H,46,52)(H,44,45,47). The molecule has 14 heteroatoms. The number of nitriles is 2. The summed E-state index contributed by atoms with van der Waals surface area (Å²) in [7, 11) is 0. The van der Waals surface area contributed by atoms with Crippen molar-refractivity contribution in [2.45, 2.75) is 92.8 Å². The predicted octanol–water partition coefficient (Wildman–Crippen LogP) is 6.67. The first-order chi connectivity index (χ1) is 25.4. The number of fused-ring (bicyclic) bond motifs is 1. The number of nitrogens with zero attached hydrogens (tertiary/aromatic N) is 7. The Balaban J connectivity index is 1.47. The number of nitrogens with one attached hydrogen (secondary N) is 2. The Morgan fingerprint density at radius 1 is 0.963 bits per heavy atom. The second kappa shape index (κ2) is 15.8. The Morgan fingerprint density at radius 2 is 1.63 bits per heavy atom. The van der Waals surface area contributed by atoms with Crippen molar-refractivity contribution < 1.29 is 23.9 Å². The van der Waals surface area contributed by atoms with Gasteiger partial charge in [-0.2, -0.15) is 20.6 Å². The number of ether oxygens (including phenoxy) is 2. The van der Waals surface area contributed by atoms with Crippen LogP contribution < -0.4 is 15.4 Å². The monoisotopic (exact) mass is 731 g/mol. The van der Waals surface area contributed by atoms with Crippen molar-refractivity contribution in [2.24, 2.45) is 5.41 Å². The van der Waals surface area contributed by atoms with E-state index in [-0.39, 0.29) is 55.0 Å².